The van der Waals surface area contributed by atoms with Crippen molar-refractivity contribution in [3.63, 3.8) is 0 Å². The maximum atomic E-state index is 13.1. The lowest BCUT2D eigenvalue weighted by molar-refractivity contribution is 0.0700. The van der Waals surface area contributed by atoms with Crippen molar-refractivity contribution < 1.29 is 18.8 Å². The standard InChI is InChI=1S/C17H20FNO2S.C15H26N2.CH4O/c1-11-3-8-15(20-11)9-22-10-16-12(2)19-21-17(16)13-4-6-14(18)7-5-13;1-6-9-10-11-14(13(5)17-8-3)15(16)12(4)7-2;1-2/h4-7,11,15H,3,8-10H2,1-2H3;8,10-11H,6-7,9,16H2,1-5H3;2H,1H3/b;11-10-,14-13-,15-12-,17-8?;. The zero-order chi connectivity index (χ0) is 30.8. The van der Waals surface area contributed by atoms with Crippen LogP contribution >= 0.6 is 11.8 Å². The van der Waals surface area contributed by atoms with E-state index in [1.165, 1.54) is 17.7 Å². The van der Waals surface area contributed by atoms with Crippen LogP contribution in [0.25, 0.3) is 11.3 Å². The number of thioether (sulfide) groups is 1. The maximum Gasteiger partial charge on any atom is 0.171 e. The molecular weight excluding hydrogens is 537 g/mol. The second kappa shape index (κ2) is 20.2. The number of nitrogens with two attached hydrogens (primary N) is 1. The zero-order valence-electron chi connectivity index (χ0n) is 26.2. The molecule has 228 valence electrons. The first-order chi connectivity index (χ1) is 19.7. The van der Waals surface area contributed by atoms with Crippen molar-refractivity contribution in [1.29, 1.82) is 0 Å². The predicted molar refractivity (Wildman–Crippen MR) is 173 cm³/mol. The van der Waals surface area contributed by atoms with Gasteiger partial charge in [-0.3, -0.25) is 4.99 Å². The minimum atomic E-state index is -0.247. The summed E-state index contributed by atoms with van der Waals surface area (Å²) in [5.41, 5.74) is 13.1. The lowest BCUT2D eigenvalue weighted by atomic mass is 10.0. The number of aliphatic hydroxyl groups is 1. The number of rotatable bonds is 11. The molecule has 1 fully saturated rings. The van der Waals surface area contributed by atoms with E-state index in [1.807, 2.05) is 32.5 Å². The van der Waals surface area contributed by atoms with Crippen LogP contribution in [0.2, 0.25) is 0 Å². The third-order valence-corrected chi connectivity index (χ3v) is 7.79. The Kier molecular flexibility index (Phi) is 17.9. The van der Waals surface area contributed by atoms with Crippen LogP contribution in [-0.4, -0.2) is 41.5 Å². The number of benzene rings is 1. The third kappa shape index (κ3) is 12.4. The maximum absolute atomic E-state index is 13.1. The smallest absolute Gasteiger partial charge is 0.171 e. The molecule has 1 aromatic carbocycles. The Morgan fingerprint density at radius 2 is 1.88 bits per heavy atom. The summed E-state index contributed by atoms with van der Waals surface area (Å²) in [7, 11) is 1.00. The molecule has 0 spiro atoms. The first-order valence-corrected chi connectivity index (χ1v) is 15.6. The second-order valence-electron chi connectivity index (χ2n) is 9.87. The molecule has 0 amide bonds. The summed E-state index contributed by atoms with van der Waals surface area (Å²) in [6.45, 7) is 14.4. The molecule has 3 rings (SSSR count). The summed E-state index contributed by atoms with van der Waals surface area (Å²) in [6.07, 6.45) is 12.3. The molecule has 0 bridgehead atoms. The van der Waals surface area contributed by atoms with Crippen molar-refractivity contribution in [2.24, 2.45) is 10.7 Å². The Morgan fingerprint density at radius 1 is 1.20 bits per heavy atom. The van der Waals surface area contributed by atoms with Crippen LogP contribution in [0, 0.1) is 12.7 Å². The number of hydrogen-bond donors (Lipinski definition) is 2. The number of halogens is 1. The molecule has 3 N–H and O–H groups in total. The van der Waals surface area contributed by atoms with Gasteiger partial charge in [0.25, 0.3) is 0 Å². The first-order valence-electron chi connectivity index (χ1n) is 14.4. The van der Waals surface area contributed by atoms with Crippen molar-refractivity contribution in [3.05, 3.63) is 76.0 Å². The molecule has 1 aromatic heterocycles. The van der Waals surface area contributed by atoms with Crippen LogP contribution in [0.5, 0.6) is 0 Å². The Bertz CT molecular complexity index is 1150. The fourth-order valence-corrected chi connectivity index (χ4v) is 5.31. The van der Waals surface area contributed by atoms with E-state index < -0.39 is 0 Å². The molecule has 6 nitrogen and oxygen atoms in total. The van der Waals surface area contributed by atoms with Gasteiger partial charge in [0.2, 0.25) is 0 Å². The monoisotopic (exact) mass is 587 g/mol. The fraction of sp³-hybridized carbons (Fsp3) is 0.515. The number of aliphatic hydroxyl groups excluding tert-OH is 1. The average Bonchev–Trinajstić information content (AvgIpc) is 3.57. The molecule has 2 aromatic rings. The molecule has 2 atom stereocenters. The van der Waals surface area contributed by atoms with Crippen LogP contribution in [0.1, 0.15) is 84.9 Å². The molecular formula is C33H50FN3O3S. The Hall–Kier alpha value is -2.68. The van der Waals surface area contributed by atoms with Crippen molar-refractivity contribution in [2.75, 3.05) is 12.9 Å². The van der Waals surface area contributed by atoms with Gasteiger partial charge in [0, 0.05) is 52.9 Å². The van der Waals surface area contributed by atoms with Gasteiger partial charge < -0.3 is 20.1 Å². The largest absolute Gasteiger partial charge is 0.400 e. The van der Waals surface area contributed by atoms with E-state index in [2.05, 4.69) is 50.0 Å². The van der Waals surface area contributed by atoms with Crippen molar-refractivity contribution >= 4 is 18.0 Å². The van der Waals surface area contributed by atoms with Crippen molar-refractivity contribution in [1.82, 2.24) is 5.16 Å². The minimum Gasteiger partial charge on any atom is -0.400 e. The number of nitrogens with zero attached hydrogens (tertiary/aromatic N) is 2. The van der Waals surface area contributed by atoms with Gasteiger partial charge in [0.15, 0.2) is 5.76 Å². The third-order valence-electron chi connectivity index (χ3n) is 6.69. The molecule has 41 heavy (non-hydrogen) atoms. The number of aromatic nitrogens is 1. The number of aryl methyl sites for hydroxylation is 1. The van der Waals surface area contributed by atoms with Gasteiger partial charge in [-0.05, 0) is 90.1 Å². The summed E-state index contributed by atoms with van der Waals surface area (Å²) in [6, 6.07) is 6.34. The summed E-state index contributed by atoms with van der Waals surface area (Å²) >= 11 is 1.84. The van der Waals surface area contributed by atoms with Gasteiger partial charge in [-0.15, -0.1) is 0 Å². The van der Waals surface area contributed by atoms with Gasteiger partial charge in [-0.1, -0.05) is 37.6 Å². The van der Waals surface area contributed by atoms with E-state index in [-0.39, 0.29) is 5.82 Å². The second-order valence-corrected chi connectivity index (χ2v) is 10.9. The number of aliphatic imine (C=N–C) groups is 1. The molecule has 1 saturated heterocycles. The molecule has 0 aliphatic carbocycles. The highest BCUT2D eigenvalue weighted by Gasteiger charge is 2.22. The SMILES string of the molecule is CC=N/C(C)=C(/C=C\CCC)C(\N)=C(/C)CC.CO.Cc1noc(-c2ccc(F)cc2)c1CSCC1CCC(C)O1. The highest BCUT2D eigenvalue weighted by Crippen LogP contribution is 2.31. The highest BCUT2D eigenvalue weighted by atomic mass is 32.2. The van der Waals surface area contributed by atoms with E-state index in [0.29, 0.717) is 12.2 Å². The van der Waals surface area contributed by atoms with E-state index in [0.717, 1.165) is 90.3 Å². The number of hydrogen-bond acceptors (Lipinski definition) is 7. The minimum absolute atomic E-state index is 0.247. The molecule has 0 saturated carbocycles. The van der Waals surface area contributed by atoms with Crippen LogP contribution < -0.4 is 5.73 Å². The van der Waals surface area contributed by atoms with E-state index >= 15 is 0 Å². The number of ether oxygens (including phenoxy) is 1. The number of unbranched alkanes of at least 4 members (excludes halogenated alkanes) is 1. The van der Waals surface area contributed by atoms with E-state index in [1.54, 1.807) is 18.3 Å². The lowest BCUT2D eigenvalue weighted by Crippen LogP contribution is -2.11. The molecule has 0 radical (unpaired) electrons. The van der Waals surface area contributed by atoms with Crippen LogP contribution in [0.15, 0.2) is 68.5 Å². The zero-order valence-corrected chi connectivity index (χ0v) is 27.0. The summed E-state index contributed by atoms with van der Waals surface area (Å²) in [4.78, 5) is 4.33. The average molecular weight is 588 g/mol. The first kappa shape index (κ1) is 36.3. The van der Waals surface area contributed by atoms with Crippen LogP contribution in [0.3, 0.4) is 0 Å². The van der Waals surface area contributed by atoms with Crippen molar-refractivity contribution in [2.45, 2.75) is 98.5 Å². The molecule has 2 heterocycles. The van der Waals surface area contributed by atoms with Crippen LogP contribution in [0.4, 0.5) is 4.39 Å². The summed E-state index contributed by atoms with van der Waals surface area (Å²) in [5.74, 6) is 2.31. The van der Waals surface area contributed by atoms with Gasteiger partial charge in [0.05, 0.1) is 17.9 Å². The Morgan fingerprint density at radius 3 is 2.44 bits per heavy atom. The normalized spacial score (nSPS) is 18.0. The molecule has 1 aliphatic rings. The highest BCUT2D eigenvalue weighted by molar-refractivity contribution is 7.98. The summed E-state index contributed by atoms with van der Waals surface area (Å²) in [5, 5.41) is 11.1. The van der Waals surface area contributed by atoms with Gasteiger partial charge in [-0.25, -0.2) is 4.39 Å². The van der Waals surface area contributed by atoms with Gasteiger partial charge >= 0.3 is 0 Å². The van der Waals surface area contributed by atoms with Crippen molar-refractivity contribution in [3.8, 4) is 11.3 Å². The molecule has 1 aliphatic heterocycles. The Balaban J connectivity index is 0.000000401. The lowest BCUT2D eigenvalue weighted by Gasteiger charge is -2.10. The van der Waals surface area contributed by atoms with Gasteiger partial charge in [0.1, 0.15) is 5.82 Å². The molecule has 8 heteroatoms. The quantitative estimate of drug-likeness (QED) is 0.202. The molecule has 2 unspecified atom stereocenters. The fourth-order valence-electron chi connectivity index (χ4n) is 4.14. The van der Waals surface area contributed by atoms with Gasteiger partial charge in [-0.2, -0.15) is 11.8 Å². The van der Waals surface area contributed by atoms with Crippen LogP contribution in [-0.2, 0) is 10.5 Å². The number of allylic oxidation sites excluding steroid dienone is 4. The predicted octanol–water partition coefficient (Wildman–Crippen LogP) is 8.55. The van der Waals surface area contributed by atoms with E-state index in [4.69, 9.17) is 20.1 Å². The Labute approximate surface area is 251 Å². The topological polar surface area (TPSA) is 93.9 Å². The summed E-state index contributed by atoms with van der Waals surface area (Å²) < 4.78 is 24.3. The van der Waals surface area contributed by atoms with E-state index in [9.17, 15) is 4.39 Å².